The predicted octanol–water partition coefficient (Wildman–Crippen LogP) is 1.50. The maximum atomic E-state index is 8.77. The van der Waals surface area contributed by atoms with Crippen molar-refractivity contribution in [3.8, 4) is 0 Å². The van der Waals surface area contributed by atoms with Gasteiger partial charge in [0.2, 0.25) is 0 Å². The maximum Gasteiger partial charge on any atom is 0.0434 e. The summed E-state index contributed by atoms with van der Waals surface area (Å²) in [5, 5.41) is 8.77. The van der Waals surface area contributed by atoms with Crippen molar-refractivity contribution in [3.05, 3.63) is 35.4 Å². The smallest absolute Gasteiger partial charge is 0.0434 e. The number of aliphatic hydroxyl groups excluding tert-OH is 1. The molecule has 1 rings (SSSR count). The van der Waals surface area contributed by atoms with Crippen molar-refractivity contribution in [2.24, 2.45) is 5.73 Å². The number of nitrogens with two attached hydrogens (primary N) is 1. The second-order valence-electron chi connectivity index (χ2n) is 3.49. The fourth-order valence-electron chi connectivity index (χ4n) is 1.61. The van der Waals surface area contributed by atoms with E-state index in [1.54, 1.807) is 0 Å². The number of aliphatic hydroxyl groups is 1. The highest BCUT2D eigenvalue weighted by Gasteiger charge is 2.00. The fraction of sp³-hybridized carbons (Fsp3) is 0.500. The normalized spacial score (nSPS) is 10.4. The van der Waals surface area contributed by atoms with Crippen LogP contribution in [0, 0.1) is 0 Å². The van der Waals surface area contributed by atoms with Gasteiger partial charge >= 0.3 is 0 Å². The van der Waals surface area contributed by atoms with E-state index in [1.807, 2.05) is 0 Å². The zero-order chi connectivity index (χ0) is 10.2. The molecule has 78 valence electrons. The lowest BCUT2D eigenvalue weighted by molar-refractivity contribution is 0.288. The Morgan fingerprint density at radius 1 is 1.00 bits per heavy atom. The van der Waals surface area contributed by atoms with Crippen molar-refractivity contribution >= 4 is 0 Å². The van der Waals surface area contributed by atoms with E-state index in [1.165, 1.54) is 11.1 Å². The lowest BCUT2D eigenvalue weighted by Gasteiger charge is -2.07. The van der Waals surface area contributed by atoms with E-state index in [4.69, 9.17) is 10.8 Å². The summed E-state index contributed by atoms with van der Waals surface area (Å²) in [5.41, 5.74) is 8.22. The Labute approximate surface area is 85.8 Å². The van der Waals surface area contributed by atoms with E-state index >= 15 is 0 Å². The molecule has 0 unspecified atom stereocenters. The summed E-state index contributed by atoms with van der Waals surface area (Å²) in [6, 6.07) is 8.41. The molecule has 0 atom stereocenters. The van der Waals surface area contributed by atoms with Crippen LogP contribution in [0.4, 0.5) is 0 Å². The quantitative estimate of drug-likeness (QED) is 0.719. The van der Waals surface area contributed by atoms with Gasteiger partial charge in [-0.25, -0.2) is 0 Å². The van der Waals surface area contributed by atoms with Gasteiger partial charge in [0.1, 0.15) is 0 Å². The summed E-state index contributed by atoms with van der Waals surface area (Å²) in [5.74, 6) is 0. The third-order valence-corrected chi connectivity index (χ3v) is 2.37. The Balaban J connectivity index is 2.60. The van der Waals surface area contributed by atoms with Gasteiger partial charge in [0.15, 0.2) is 0 Å². The van der Waals surface area contributed by atoms with Crippen LogP contribution in [-0.4, -0.2) is 18.3 Å². The molecular formula is C12H19NO. The van der Waals surface area contributed by atoms with E-state index < -0.39 is 0 Å². The largest absolute Gasteiger partial charge is 0.396 e. The number of aryl methyl sites for hydroxylation is 2. The average molecular weight is 193 g/mol. The van der Waals surface area contributed by atoms with Gasteiger partial charge in [-0.05, 0) is 43.4 Å². The van der Waals surface area contributed by atoms with Crippen molar-refractivity contribution in [3.63, 3.8) is 0 Å². The minimum Gasteiger partial charge on any atom is -0.396 e. The van der Waals surface area contributed by atoms with E-state index in [-0.39, 0.29) is 6.61 Å². The van der Waals surface area contributed by atoms with E-state index in [9.17, 15) is 0 Å². The van der Waals surface area contributed by atoms with Crippen LogP contribution in [0.25, 0.3) is 0 Å². The van der Waals surface area contributed by atoms with Crippen molar-refractivity contribution in [1.29, 1.82) is 0 Å². The van der Waals surface area contributed by atoms with E-state index in [0.717, 1.165) is 32.2 Å². The molecule has 0 heterocycles. The molecule has 14 heavy (non-hydrogen) atoms. The van der Waals surface area contributed by atoms with Crippen LogP contribution in [0.2, 0.25) is 0 Å². The third kappa shape index (κ3) is 3.48. The van der Waals surface area contributed by atoms with Crippen LogP contribution in [0.1, 0.15) is 24.0 Å². The van der Waals surface area contributed by atoms with Gasteiger partial charge in [0, 0.05) is 6.61 Å². The number of benzene rings is 1. The first kappa shape index (κ1) is 11.2. The summed E-state index contributed by atoms with van der Waals surface area (Å²) < 4.78 is 0. The molecule has 0 spiro atoms. The van der Waals surface area contributed by atoms with Gasteiger partial charge in [0.25, 0.3) is 0 Å². The summed E-state index contributed by atoms with van der Waals surface area (Å²) >= 11 is 0. The Bertz CT molecular complexity index is 233. The number of hydrogen-bond donors (Lipinski definition) is 2. The van der Waals surface area contributed by atoms with E-state index in [0.29, 0.717) is 0 Å². The van der Waals surface area contributed by atoms with Gasteiger partial charge in [-0.3, -0.25) is 0 Å². The monoisotopic (exact) mass is 193 g/mol. The number of rotatable bonds is 6. The molecule has 1 aromatic carbocycles. The molecule has 2 nitrogen and oxygen atoms in total. The summed E-state index contributed by atoms with van der Waals surface area (Å²) in [6.07, 6.45) is 3.91. The molecule has 0 bridgehead atoms. The van der Waals surface area contributed by atoms with Crippen molar-refractivity contribution in [2.45, 2.75) is 25.7 Å². The summed E-state index contributed by atoms with van der Waals surface area (Å²) in [4.78, 5) is 0. The molecule has 0 fully saturated rings. The van der Waals surface area contributed by atoms with Gasteiger partial charge < -0.3 is 10.8 Å². The van der Waals surface area contributed by atoms with Crippen LogP contribution < -0.4 is 5.73 Å². The third-order valence-electron chi connectivity index (χ3n) is 2.37. The molecule has 0 saturated carbocycles. The van der Waals surface area contributed by atoms with Crippen LogP contribution in [0.15, 0.2) is 24.3 Å². The lowest BCUT2D eigenvalue weighted by Crippen LogP contribution is -2.02. The zero-order valence-electron chi connectivity index (χ0n) is 8.58. The van der Waals surface area contributed by atoms with Gasteiger partial charge in [0.05, 0.1) is 0 Å². The van der Waals surface area contributed by atoms with Crippen molar-refractivity contribution in [2.75, 3.05) is 13.2 Å². The molecule has 0 aliphatic heterocycles. The zero-order valence-corrected chi connectivity index (χ0v) is 8.58. The first-order valence-corrected chi connectivity index (χ1v) is 5.26. The van der Waals surface area contributed by atoms with Crippen LogP contribution >= 0.6 is 0 Å². The molecule has 0 amide bonds. The molecular weight excluding hydrogens is 174 g/mol. The lowest BCUT2D eigenvalue weighted by atomic mass is 9.99. The predicted molar refractivity (Wildman–Crippen MR) is 59.2 cm³/mol. The molecule has 0 aliphatic rings. The first-order valence-electron chi connectivity index (χ1n) is 5.26. The molecule has 0 radical (unpaired) electrons. The minimum atomic E-state index is 0.269. The summed E-state index contributed by atoms with van der Waals surface area (Å²) in [7, 11) is 0. The molecule has 0 aliphatic carbocycles. The van der Waals surface area contributed by atoms with E-state index in [2.05, 4.69) is 24.3 Å². The van der Waals surface area contributed by atoms with Crippen molar-refractivity contribution in [1.82, 2.24) is 0 Å². The Morgan fingerprint density at radius 2 is 1.57 bits per heavy atom. The highest BCUT2D eigenvalue weighted by Crippen LogP contribution is 2.12. The average Bonchev–Trinajstić information content (AvgIpc) is 2.24. The molecule has 1 aromatic rings. The highest BCUT2D eigenvalue weighted by atomic mass is 16.2. The van der Waals surface area contributed by atoms with Gasteiger partial charge in [-0.2, -0.15) is 0 Å². The van der Waals surface area contributed by atoms with Gasteiger partial charge in [-0.1, -0.05) is 24.3 Å². The Morgan fingerprint density at radius 3 is 2.07 bits per heavy atom. The molecule has 0 saturated heterocycles. The fourth-order valence-corrected chi connectivity index (χ4v) is 1.61. The Hall–Kier alpha value is -0.860. The SMILES string of the molecule is NCCCc1ccccc1CCCO. The second kappa shape index (κ2) is 6.57. The standard InChI is InChI=1S/C12H19NO/c13-9-3-7-11-5-1-2-6-12(11)8-4-10-14/h1-2,5-6,14H,3-4,7-10,13H2. The number of hydrogen-bond acceptors (Lipinski definition) is 2. The van der Waals surface area contributed by atoms with Gasteiger partial charge in [-0.15, -0.1) is 0 Å². The highest BCUT2D eigenvalue weighted by molar-refractivity contribution is 5.27. The Kier molecular flexibility index (Phi) is 5.27. The topological polar surface area (TPSA) is 46.2 Å². The van der Waals surface area contributed by atoms with Crippen LogP contribution in [-0.2, 0) is 12.8 Å². The minimum absolute atomic E-state index is 0.269. The van der Waals surface area contributed by atoms with Crippen LogP contribution in [0.5, 0.6) is 0 Å². The maximum absolute atomic E-state index is 8.77. The second-order valence-corrected chi connectivity index (χ2v) is 3.49. The first-order chi connectivity index (χ1) is 6.88. The van der Waals surface area contributed by atoms with Crippen molar-refractivity contribution < 1.29 is 5.11 Å². The van der Waals surface area contributed by atoms with Crippen LogP contribution in [0.3, 0.4) is 0 Å². The molecule has 2 heteroatoms. The molecule has 3 N–H and O–H groups in total. The molecule has 0 aromatic heterocycles. The summed E-state index contributed by atoms with van der Waals surface area (Å²) in [6.45, 7) is 1.01.